The third-order valence-electron chi connectivity index (χ3n) is 4.52. The number of aryl methyl sites for hydroxylation is 1. The molecule has 2 aromatic carbocycles. The smallest absolute Gasteiger partial charge is 0.234 e. The van der Waals surface area contributed by atoms with Crippen molar-refractivity contribution in [1.29, 1.82) is 0 Å². The minimum atomic E-state index is -0.410. The number of aromatic nitrogens is 3. The zero-order valence-corrected chi connectivity index (χ0v) is 18.1. The standard InChI is InChI=1S/C23H21FN4O3S/c1-16-7-9-19(10-8-16)31-14-21-26-27-23(28(21)13-20-6-3-11-30-20)32-15-22(29)25-18-5-2-4-17(24)12-18/h2-12H,13-15H2,1H3,(H,25,29). The number of hydrogen-bond acceptors (Lipinski definition) is 6. The summed E-state index contributed by atoms with van der Waals surface area (Å²) in [5, 5.41) is 11.7. The number of carbonyl (C=O) groups excluding carboxylic acids is 1. The Morgan fingerprint density at radius 2 is 2.00 bits per heavy atom. The van der Waals surface area contributed by atoms with Crippen molar-refractivity contribution in [2.45, 2.75) is 25.2 Å². The number of halogens is 1. The van der Waals surface area contributed by atoms with E-state index >= 15 is 0 Å². The number of nitrogens with zero attached hydrogens (tertiary/aromatic N) is 3. The van der Waals surface area contributed by atoms with Gasteiger partial charge in [0.15, 0.2) is 11.0 Å². The van der Waals surface area contributed by atoms with Gasteiger partial charge in [0.2, 0.25) is 5.91 Å². The zero-order chi connectivity index (χ0) is 22.3. The molecule has 4 aromatic rings. The topological polar surface area (TPSA) is 82.2 Å². The van der Waals surface area contributed by atoms with E-state index in [9.17, 15) is 9.18 Å². The van der Waals surface area contributed by atoms with E-state index in [1.165, 1.54) is 23.9 Å². The third-order valence-corrected chi connectivity index (χ3v) is 5.48. The Labute approximate surface area is 188 Å². The van der Waals surface area contributed by atoms with Crippen molar-refractivity contribution < 1.29 is 18.3 Å². The third kappa shape index (κ3) is 5.76. The predicted octanol–water partition coefficient (Wildman–Crippen LogP) is 4.68. The van der Waals surface area contributed by atoms with Gasteiger partial charge in [0.05, 0.1) is 18.6 Å². The minimum Gasteiger partial charge on any atom is -0.486 e. The van der Waals surface area contributed by atoms with Crippen LogP contribution in [0.4, 0.5) is 10.1 Å². The maximum absolute atomic E-state index is 13.3. The van der Waals surface area contributed by atoms with Crippen LogP contribution in [0.1, 0.15) is 17.1 Å². The number of ether oxygens (including phenoxy) is 1. The van der Waals surface area contributed by atoms with Crippen molar-refractivity contribution in [1.82, 2.24) is 14.8 Å². The first-order valence-electron chi connectivity index (χ1n) is 9.89. The summed E-state index contributed by atoms with van der Waals surface area (Å²) >= 11 is 1.23. The second-order valence-corrected chi connectivity index (χ2v) is 7.96. The van der Waals surface area contributed by atoms with Gasteiger partial charge in [-0.15, -0.1) is 10.2 Å². The fraction of sp³-hybridized carbons (Fsp3) is 0.174. The summed E-state index contributed by atoms with van der Waals surface area (Å²) < 4.78 is 26.5. The molecule has 0 saturated heterocycles. The van der Waals surface area contributed by atoms with Crippen LogP contribution in [0.25, 0.3) is 0 Å². The molecule has 9 heteroatoms. The van der Waals surface area contributed by atoms with Crippen LogP contribution in [0.15, 0.2) is 76.5 Å². The molecule has 0 bridgehead atoms. The van der Waals surface area contributed by atoms with E-state index in [0.29, 0.717) is 23.2 Å². The molecule has 0 saturated carbocycles. The van der Waals surface area contributed by atoms with Crippen LogP contribution in [0.5, 0.6) is 5.75 Å². The van der Waals surface area contributed by atoms with Crippen molar-refractivity contribution in [3.63, 3.8) is 0 Å². The van der Waals surface area contributed by atoms with Gasteiger partial charge in [-0.2, -0.15) is 0 Å². The van der Waals surface area contributed by atoms with E-state index in [0.717, 1.165) is 17.1 Å². The summed E-state index contributed by atoms with van der Waals surface area (Å²) in [5.41, 5.74) is 1.55. The van der Waals surface area contributed by atoms with E-state index < -0.39 is 5.82 Å². The van der Waals surface area contributed by atoms with E-state index in [4.69, 9.17) is 9.15 Å². The Bertz CT molecular complexity index is 1180. The van der Waals surface area contributed by atoms with Gasteiger partial charge in [-0.1, -0.05) is 35.5 Å². The Hall–Kier alpha value is -3.59. The van der Waals surface area contributed by atoms with Crippen LogP contribution in [-0.4, -0.2) is 26.4 Å². The molecule has 0 fully saturated rings. The number of hydrogen-bond donors (Lipinski definition) is 1. The van der Waals surface area contributed by atoms with Gasteiger partial charge in [-0.05, 0) is 49.4 Å². The van der Waals surface area contributed by atoms with Gasteiger partial charge in [0, 0.05) is 5.69 Å². The summed E-state index contributed by atoms with van der Waals surface area (Å²) in [4.78, 5) is 12.3. The van der Waals surface area contributed by atoms with E-state index in [1.54, 1.807) is 24.5 Å². The lowest BCUT2D eigenvalue weighted by Gasteiger charge is -2.10. The van der Waals surface area contributed by atoms with Gasteiger partial charge in [-0.25, -0.2) is 4.39 Å². The number of anilines is 1. The predicted molar refractivity (Wildman–Crippen MR) is 119 cm³/mol. The lowest BCUT2D eigenvalue weighted by Crippen LogP contribution is -2.15. The second-order valence-electron chi connectivity index (χ2n) is 7.01. The first kappa shape index (κ1) is 21.6. The van der Waals surface area contributed by atoms with Crippen LogP contribution in [0, 0.1) is 12.7 Å². The highest BCUT2D eigenvalue weighted by Gasteiger charge is 2.16. The summed E-state index contributed by atoms with van der Waals surface area (Å²) in [5.74, 6) is 1.47. The lowest BCUT2D eigenvalue weighted by molar-refractivity contribution is -0.113. The average molecular weight is 453 g/mol. The van der Waals surface area contributed by atoms with E-state index in [-0.39, 0.29) is 18.3 Å². The molecule has 0 aliphatic rings. The number of benzene rings is 2. The Morgan fingerprint density at radius 1 is 1.16 bits per heavy atom. The van der Waals surface area contributed by atoms with Crippen molar-refractivity contribution in [3.8, 4) is 5.75 Å². The fourth-order valence-electron chi connectivity index (χ4n) is 2.93. The van der Waals surface area contributed by atoms with E-state index in [1.807, 2.05) is 41.8 Å². The molecule has 1 amide bonds. The SMILES string of the molecule is Cc1ccc(OCc2nnc(SCC(=O)Nc3cccc(F)c3)n2Cc2ccco2)cc1. The van der Waals surface area contributed by atoms with Gasteiger partial charge >= 0.3 is 0 Å². The molecule has 0 radical (unpaired) electrons. The molecule has 0 spiro atoms. The van der Waals surface area contributed by atoms with Crippen LogP contribution < -0.4 is 10.1 Å². The highest BCUT2D eigenvalue weighted by Crippen LogP contribution is 2.21. The summed E-state index contributed by atoms with van der Waals surface area (Å²) in [6, 6.07) is 17.2. The fourth-order valence-corrected chi connectivity index (χ4v) is 3.68. The molecule has 32 heavy (non-hydrogen) atoms. The Morgan fingerprint density at radius 3 is 2.75 bits per heavy atom. The van der Waals surface area contributed by atoms with Gasteiger partial charge in [0.25, 0.3) is 0 Å². The monoisotopic (exact) mass is 452 g/mol. The summed E-state index contributed by atoms with van der Waals surface area (Å²) in [6.45, 7) is 2.63. The van der Waals surface area contributed by atoms with Crippen LogP contribution >= 0.6 is 11.8 Å². The van der Waals surface area contributed by atoms with Crippen molar-refractivity contribution in [2.24, 2.45) is 0 Å². The first-order valence-corrected chi connectivity index (χ1v) is 10.9. The molecule has 1 N–H and O–H groups in total. The van der Waals surface area contributed by atoms with E-state index in [2.05, 4.69) is 15.5 Å². The highest BCUT2D eigenvalue weighted by atomic mass is 32.2. The molecular formula is C23H21FN4O3S. The first-order chi connectivity index (χ1) is 15.6. The molecule has 0 atom stereocenters. The summed E-state index contributed by atoms with van der Waals surface area (Å²) in [7, 11) is 0. The molecule has 0 aliphatic carbocycles. The number of nitrogens with one attached hydrogen (secondary N) is 1. The normalized spacial score (nSPS) is 10.8. The Kier molecular flexibility index (Phi) is 6.86. The number of carbonyl (C=O) groups is 1. The van der Waals surface area contributed by atoms with Crippen molar-refractivity contribution in [2.75, 3.05) is 11.1 Å². The van der Waals surface area contributed by atoms with Crippen LogP contribution in [-0.2, 0) is 17.9 Å². The lowest BCUT2D eigenvalue weighted by atomic mass is 10.2. The minimum absolute atomic E-state index is 0.0889. The molecule has 0 unspecified atom stereocenters. The molecule has 4 rings (SSSR count). The van der Waals surface area contributed by atoms with Gasteiger partial charge < -0.3 is 14.5 Å². The maximum atomic E-state index is 13.3. The largest absolute Gasteiger partial charge is 0.486 e. The van der Waals surface area contributed by atoms with Gasteiger partial charge in [0.1, 0.15) is 23.9 Å². The zero-order valence-electron chi connectivity index (χ0n) is 17.3. The number of furan rings is 1. The number of amides is 1. The van der Waals surface area contributed by atoms with Gasteiger partial charge in [-0.3, -0.25) is 9.36 Å². The molecule has 2 aromatic heterocycles. The molecular weight excluding hydrogens is 431 g/mol. The summed E-state index contributed by atoms with van der Waals surface area (Å²) in [6.07, 6.45) is 1.60. The Balaban J connectivity index is 1.44. The molecule has 7 nitrogen and oxygen atoms in total. The van der Waals surface area contributed by atoms with Crippen molar-refractivity contribution >= 4 is 23.4 Å². The molecule has 0 aliphatic heterocycles. The number of rotatable bonds is 9. The van der Waals surface area contributed by atoms with Crippen LogP contribution in [0.2, 0.25) is 0 Å². The highest BCUT2D eigenvalue weighted by molar-refractivity contribution is 7.99. The maximum Gasteiger partial charge on any atom is 0.234 e. The number of thioether (sulfide) groups is 1. The quantitative estimate of drug-likeness (QED) is 0.372. The van der Waals surface area contributed by atoms with Crippen molar-refractivity contribution in [3.05, 3.63) is 89.9 Å². The molecule has 2 heterocycles. The van der Waals surface area contributed by atoms with Crippen LogP contribution in [0.3, 0.4) is 0 Å². The molecule has 164 valence electrons. The average Bonchev–Trinajstić information content (AvgIpc) is 3.42. The second kappa shape index (κ2) is 10.1.